The summed E-state index contributed by atoms with van der Waals surface area (Å²) < 4.78 is 5.91. The second kappa shape index (κ2) is 6.93. The maximum absolute atomic E-state index is 12.0. The summed E-state index contributed by atoms with van der Waals surface area (Å²) in [4.78, 5) is 22.4. The highest BCUT2D eigenvalue weighted by Crippen LogP contribution is 2.25. The SMILES string of the molecule is O=C(O)CNC(=O)c1ccccc1OC1CCCCC1. The van der Waals surface area contributed by atoms with E-state index in [9.17, 15) is 9.59 Å². The van der Waals surface area contributed by atoms with Crippen molar-refractivity contribution in [3.63, 3.8) is 0 Å². The van der Waals surface area contributed by atoms with Gasteiger partial charge in [0.25, 0.3) is 5.91 Å². The number of para-hydroxylation sites is 1. The summed E-state index contributed by atoms with van der Waals surface area (Å²) in [6.45, 7) is -0.392. The molecule has 1 aliphatic rings. The first-order valence-corrected chi connectivity index (χ1v) is 6.92. The van der Waals surface area contributed by atoms with E-state index >= 15 is 0 Å². The van der Waals surface area contributed by atoms with Gasteiger partial charge in [-0.25, -0.2) is 0 Å². The largest absolute Gasteiger partial charge is 0.490 e. The van der Waals surface area contributed by atoms with Gasteiger partial charge in [-0.05, 0) is 37.8 Å². The van der Waals surface area contributed by atoms with Gasteiger partial charge in [0.1, 0.15) is 12.3 Å². The predicted molar refractivity (Wildman–Crippen MR) is 73.9 cm³/mol. The Bertz CT molecular complexity index is 481. The topological polar surface area (TPSA) is 75.6 Å². The Labute approximate surface area is 117 Å². The first-order valence-electron chi connectivity index (χ1n) is 6.92. The molecule has 1 aromatic rings. The van der Waals surface area contributed by atoms with Gasteiger partial charge < -0.3 is 15.2 Å². The third kappa shape index (κ3) is 3.98. The van der Waals surface area contributed by atoms with Crippen molar-refractivity contribution in [2.75, 3.05) is 6.54 Å². The first kappa shape index (κ1) is 14.4. The number of aliphatic carboxylic acids is 1. The summed E-state index contributed by atoms with van der Waals surface area (Å²) in [5, 5.41) is 11.0. The van der Waals surface area contributed by atoms with Crippen LogP contribution in [-0.2, 0) is 4.79 Å². The van der Waals surface area contributed by atoms with E-state index in [1.165, 1.54) is 6.42 Å². The fourth-order valence-corrected chi connectivity index (χ4v) is 2.37. The highest BCUT2D eigenvalue weighted by molar-refractivity contribution is 5.98. The molecule has 0 bridgehead atoms. The maximum atomic E-state index is 12.0. The molecule has 1 aliphatic carbocycles. The second-order valence-electron chi connectivity index (χ2n) is 4.95. The minimum absolute atomic E-state index is 0.150. The van der Waals surface area contributed by atoms with Gasteiger partial charge in [0.05, 0.1) is 11.7 Å². The second-order valence-corrected chi connectivity index (χ2v) is 4.95. The molecule has 0 atom stereocenters. The van der Waals surface area contributed by atoms with Crippen LogP contribution in [0.5, 0.6) is 5.75 Å². The Balaban J connectivity index is 2.04. The average Bonchev–Trinajstić information content (AvgIpc) is 2.46. The number of carboxylic acid groups (broad SMARTS) is 1. The molecule has 0 aromatic heterocycles. The third-order valence-electron chi connectivity index (χ3n) is 3.38. The lowest BCUT2D eigenvalue weighted by Gasteiger charge is -2.24. The monoisotopic (exact) mass is 277 g/mol. The van der Waals surface area contributed by atoms with Crippen LogP contribution < -0.4 is 10.1 Å². The molecule has 0 spiro atoms. The van der Waals surface area contributed by atoms with Gasteiger partial charge in [0.15, 0.2) is 0 Å². The van der Waals surface area contributed by atoms with Crippen molar-refractivity contribution in [3.05, 3.63) is 29.8 Å². The summed E-state index contributed by atoms with van der Waals surface area (Å²) >= 11 is 0. The van der Waals surface area contributed by atoms with Crippen molar-refractivity contribution in [1.29, 1.82) is 0 Å². The van der Waals surface area contributed by atoms with Gasteiger partial charge in [-0.2, -0.15) is 0 Å². The predicted octanol–water partition coefficient (Wildman–Crippen LogP) is 2.21. The van der Waals surface area contributed by atoms with Gasteiger partial charge in [0, 0.05) is 0 Å². The van der Waals surface area contributed by atoms with Crippen LogP contribution in [0.25, 0.3) is 0 Å². The van der Waals surface area contributed by atoms with E-state index in [1.807, 2.05) is 6.07 Å². The summed E-state index contributed by atoms with van der Waals surface area (Å²) in [6, 6.07) is 6.95. The summed E-state index contributed by atoms with van der Waals surface area (Å²) in [6.07, 6.45) is 5.70. The number of hydrogen-bond acceptors (Lipinski definition) is 3. The molecule has 0 unspecified atom stereocenters. The normalized spacial score (nSPS) is 15.6. The van der Waals surface area contributed by atoms with Crippen molar-refractivity contribution in [2.24, 2.45) is 0 Å². The van der Waals surface area contributed by atoms with Gasteiger partial charge in [0.2, 0.25) is 0 Å². The molecule has 0 aliphatic heterocycles. The summed E-state index contributed by atoms with van der Waals surface area (Å²) in [7, 11) is 0. The van der Waals surface area contributed by atoms with Crippen molar-refractivity contribution in [3.8, 4) is 5.75 Å². The van der Waals surface area contributed by atoms with Crippen LogP contribution in [0.3, 0.4) is 0 Å². The number of nitrogens with one attached hydrogen (secondary N) is 1. The number of carbonyl (C=O) groups is 2. The molecule has 1 fully saturated rings. The van der Waals surface area contributed by atoms with Crippen LogP contribution in [-0.4, -0.2) is 29.6 Å². The fraction of sp³-hybridized carbons (Fsp3) is 0.467. The molecule has 0 radical (unpaired) electrons. The Kier molecular flexibility index (Phi) is 4.98. The zero-order chi connectivity index (χ0) is 14.4. The van der Waals surface area contributed by atoms with Gasteiger partial charge in [-0.15, -0.1) is 0 Å². The van der Waals surface area contributed by atoms with Gasteiger partial charge >= 0.3 is 5.97 Å². The quantitative estimate of drug-likeness (QED) is 0.865. The number of ether oxygens (including phenoxy) is 1. The molecule has 1 aromatic carbocycles. The van der Waals surface area contributed by atoms with Crippen LogP contribution in [0.2, 0.25) is 0 Å². The van der Waals surface area contributed by atoms with Gasteiger partial charge in [-0.1, -0.05) is 18.6 Å². The smallest absolute Gasteiger partial charge is 0.322 e. The lowest BCUT2D eigenvalue weighted by atomic mass is 9.97. The van der Waals surface area contributed by atoms with Crippen LogP contribution in [0.1, 0.15) is 42.5 Å². The number of hydrogen-bond donors (Lipinski definition) is 2. The van der Waals surface area contributed by atoms with Crippen molar-refractivity contribution in [2.45, 2.75) is 38.2 Å². The molecule has 5 nitrogen and oxygen atoms in total. The molecule has 2 N–H and O–H groups in total. The molecular formula is C15H19NO4. The molecule has 108 valence electrons. The standard InChI is InChI=1S/C15H19NO4/c17-14(18)10-16-15(19)12-8-4-5-9-13(12)20-11-6-2-1-3-7-11/h4-5,8-9,11H,1-3,6-7,10H2,(H,16,19)(H,17,18). The molecule has 1 saturated carbocycles. The van der Waals surface area contributed by atoms with E-state index in [0.29, 0.717) is 11.3 Å². The van der Waals surface area contributed by atoms with E-state index in [2.05, 4.69) is 5.32 Å². The summed E-state index contributed by atoms with van der Waals surface area (Å²) in [5.41, 5.74) is 0.388. The van der Waals surface area contributed by atoms with Crippen molar-refractivity contribution >= 4 is 11.9 Å². The highest BCUT2D eigenvalue weighted by Gasteiger charge is 2.18. The molecule has 1 amide bonds. The van der Waals surface area contributed by atoms with E-state index in [4.69, 9.17) is 9.84 Å². The maximum Gasteiger partial charge on any atom is 0.322 e. The van der Waals surface area contributed by atoms with Crippen LogP contribution in [0, 0.1) is 0 Å². The zero-order valence-electron chi connectivity index (χ0n) is 11.3. The van der Waals surface area contributed by atoms with E-state index in [0.717, 1.165) is 25.7 Å². The Hall–Kier alpha value is -2.04. The molecule has 0 heterocycles. The summed E-state index contributed by atoms with van der Waals surface area (Å²) in [5.74, 6) is -0.954. The van der Waals surface area contributed by atoms with Crippen molar-refractivity contribution in [1.82, 2.24) is 5.32 Å². The molecular weight excluding hydrogens is 258 g/mol. The van der Waals surface area contributed by atoms with E-state index in [-0.39, 0.29) is 6.10 Å². The number of carboxylic acids is 1. The van der Waals surface area contributed by atoms with Gasteiger partial charge in [-0.3, -0.25) is 9.59 Å². The average molecular weight is 277 g/mol. The lowest BCUT2D eigenvalue weighted by Crippen LogP contribution is -2.30. The molecule has 20 heavy (non-hydrogen) atoms. The lowest BCUT2D eigenvalue weighted by molar-refractivity contribution is -0.135. The number of benzene rings is 1. The van der Waals surface area contributed by atoms with Crippen molar-refractivity contribution < 1.29 is 19.4 Å². The minimum atomic E-state index is -1.07. The highest BCUT2D eigenvalue weighted by atomic mass is 16.5. The number of amides is 1. The first-order chi connectivity index (χ1) is 9.66. The Morgan fingerprint density at radius 2 is 1.90 bits per heavy atom. The number of carbonyl (C=O) groups excluding carboxylic acids is 1. The van der Waals surface area contributed by atoms with E-state index < -0.39 is 18.4 Å². The third-order valence-corrected chi connectivity index (χ3v) is 3.38. The van der Waals surface area contributed by atoms with Crippen LogP contribution >= 0.6 is 0 Å². The van der Waals surface area contributed by atoms with Crippen LogP contribution in [0.15, 0.2) is 24.3 Å². The zero-order valence-corrected chi connectivity index (χ0v) is 11.3. The van der Waals surface area contributed by atoms with E-state index in [1.54, 1.807) is 18.2 Å². The molecule has 2 rings (SSSR count). The van der Waals surface area contributed by atoms with Crippen LogP contribution in [0.4, 0.5) is 0 Å². The molecule has 0 saturated heterocycles. The minimum Gasteiger partial charge on any atom is -0.490 e. The Morgan fingerprint density at radius 1 is 1.20 bits per heavy atom. The number of rotatable bonds is 5. The fourth-order valence-electron chi connectivity index (χ4n) is 2.37. The Morgan fingerprint density at radius 3 is 2.60 bits per heavy atom. The molecule has 5 heteroatoms.